The van der Waals surface area contributed by atoms with Crippen LogP contribution in [0.4, 0.5) is 0 Å². The van der Waals surface area contributed by atoms with Gasteiger partial charge in [-0.1, -0.05) is 30.3 Å². The van der Waals surface area contributed by atoms with Gasteiger partial charge in [-0.25, -0.2) is 0 Å². The van der Waals surface area contributed by atoms with Gasteiger partial charge in [-0.15, -0.1) is 0 Å². The molecule has 0 radical (unpaired) electrons. The summed E-state index contributed by atoms with van der Waals surface area (Å²) in [5.74, 6) is 1.51. The third-order valence-corrected chi connectivity index (χ3v) is 5.17. The van der Waals surface area contributed by atoms with Crippen LogP contribution in [0.3, 0.4) is 0 Å². The standard InChI is InChI=1S/C21H36N2O/c1-21(2)17-20(11-15-24-21)19(10-12-22-13-14-23(3)4)16-18-8-6-5-7-9-18/h5-9,19-20,22H,10-17H2,1-4H3/t19-,20+/m0/s1. The Morgan fingerprint density at radius 3 is 2.62 bits per heavy atom. The monoisotopic (exact) mass is 332 g/mol. The lowest BCUT2D eigenvalue weighted by Gasteiger charge is -2.39. The van der Waals surface area contributed by atoms with Crippen LogP contribution in [0.25, 0.3) is 0 Å². The lowest BCUT2D eigenvalue weighted by Crippen LogP contribution is -2.38. The van der Waals surface area contributed by atoms with E-state index in [2.05, 4.69) is 68.5 Å². The van der Waals surface area contributed by atoms with Crippen molar-refractivity contribution in [2.24, 2.45) is 11.8 Å². The first-order chi connectivity index (χ1) is 11.5. The molecule has 136 valence electrons. The highest BCUT2D eigenvalue weighted by molar-refractivity contribution is 5.15. The molecule has 1 N–H and O–H groups in total. The first kappa shape index (κ1) is 19.4. The molecular formula is C21H36N2O. The molecule has 1 aliphatic rings. The summed E-state index contributed by atoms with van der Waals surface area (Å²) in [5.41, 5.74) is 1.51. The largest absolute Gasteiger partial charge is 0.376 e. The van der Waals surface area contributed by atoms with E-state index in [9.17, 15) is 0 Å². The average molecular weight is 333 g/mol. The van der Waals surface area contributed by atoms with Crippen LogP contribution in [0.5, 0.6) is 0 Å². The van der Waals surface area contributed by atoms with Crippen LogP contribution < -0.4 is 5.32 Å². The number of ether oxygens (including phenoxy) is 1. The van der Waals surface area contributed by atoms with Gasteiger partial charge in [0, 0.05) is 19.7 Å². The number of hydrogen-bond acceptors (Lipinski definition) is 3. The molecule has 0 aromatic heterocycles. The van der Waals surface area contributed by atoms with Crippen molar-refractivity contribution in [1.82, 2.24) is 10.2 Å². The van der Waals surface area contributed by atoms with Gasteiger partial charge in [0.15, 0.2) is 0 Å². The normalized spacial score (nSPS) is 21.8. The molecule has 1 aromatic rings. The first-order valence-corrected chi connectivity index (χ1v) is 9.49. The fourth-order valence-corrected chi connectivity index (χ4v) is 3.82. The quantitative estimate of drug-likeness (QED) is 0.699. The van der Waals surface area contributed by atoms with E-state index >= 15 is 0 Å². The van der Waals surface area contributed by atoms with Crippen LogP contribution in [-0.2, 0) is 11.2 Å². The maximum atomic E-state index is 5.94. The van der Waals surface area contributed by atoms with E-state index < -0.39 is 0 Å². The van der Waals surface area contributed by atoms with Gasteiger partial charge in [-0.2, -0.15) is 0 Å². The zero-order valence-electron chi connectivity index (χ0n) is 16.1. The molecule has 2 rings (SSSR count). The van der Waals surface area contributed by atoms with Gasteiger partial charge in [-0.3, -0.25) is 0 Å². The molecule has 2 atom stereocenters. The van der Waals surface area contributed by atoms with Gasteiger partial charge in [0.25, 0.3) is 0 Å². The Hall–Kier alpha value is -0.900. The molecule has 0 bridgehead atoms. The van der Waals surface area contributed by atoms with Crippen molar-refractivity contribution in [3.63, 3.8) is 0 Å². The molecule has 24 heavy (non-hydrogen) atoms. The second-order valence-corrected chi connectivity index (χ2v) is 8.15. The van der Waals surface area contributed by atoms with E-state index in [1.165, 1.54) is 31.2 Å². The molecule has 1 aromatic carbocycles. The van der Waals surface area contributed by atoms with Gasteiger partial charge in [0.2, 0.25) is 0 Å². The van der Waals surface area contributed by atoms with E-state index in [4.69, 9.17) is 4.74 Å². The van der Waals surface area contributed by atoms with Crippen LogP contribution in [0, 0.1) is 11.8 Å². The van der Waals surface area contributed by atoms with Gasteiger partial charge in [0.1, 0.15) is 0 Å². The summed E-state index contributed by atoms with van der Waals surface area (Å²) in [6.07, 6.45) is 4.83. The van der Waals surface area contributed by atoms with Crippen LogP contribution in [0.2, 0.25) is 0 Å². The Kier molecular flexibility index (Phi) is 7.73. The number of likely N-dealkylation sites (N-methyl/N-ethyl adjacent to an activating group) is 1. The minimum atomic E-state index is 0.0379. The number of benzene rings is 1. The number of hydrogen-bond donors (Lipinski definition) is 1. The van der Waals surface area contributed by atoms with E-state index in [1.807, 2.05) is 0 Å². The van der Waals surface area contributed by atoms with Crippen molar-refractivity contribution in [3.8, 4) is 0 Å². The summed E-state index contributed by atoms with van der Waals surface area (Å²) in [5, 5.41) is 3.62. The zero-order valence-corrected chi connectivity index (χ0v) is 16.1. The summed E-state index contributed by atoms with van der Waals surface area (Å²) in [6, 6.07) is 11.0. The highest BCUT2D eigenvalue weighted by atomic mass is 16.5. The summed E-state index contributed by atoms with van der Waals surface area (Å²) in [4.78, 5) is 2.23. The highest BCUT2D eigenvalue weighted by Crippen LogP contribution is 2.36. The summed E-state index contributed by atoms with van der Waals surface area (Å²) < 4.78 is 5.94. The number of nitrogens with zero attached hydrogens (tertiary/aromatic N) is 1. The van der Waals surface area contributed by atoms with Crippen molar-refractivity contribution < 1.29 is 4.74 Å². The molecule has 3 nitrogen and oxygen atoms in total. The first-order valence-electron chi connectivity index (χ1n) is 9.49. The molecule has 0 spiro atoms. The van der Waals surface area contributed by atoms with Crippen LogP contribution in [0.1, 0.15) is 38.7 Å². The minimum absolute atomic E-state index is 0.0379. The van der Waals surface area contributed by atoms with E-state index in [1.54, 1.807) is 0 Å². The van der Waals surface area contributed by atoms with Crippen LogP contribution in [-0.4, -0.2) is 50.8 Å². The van der Waals surface area contributed by atoms with Crippen molar-refractivity contribution in [1.29, 1.82) is 0 Å². The van der Waals surface area contributed by atoms with Gasteiger partial charge in [-0.05, 0) is 77.6 Å². The third-order valence-electron chi connectivity index (χ3n) is 5.17. The molecule has 3 heteroatoms. The summed E-state index contributed by atoms with van der Waals surface area (Å²) in [6.45, 7) is 8.69. The molecular weight excluding hydrogens is 296 g/mol. The van der Waals surface area contributed by atoms with Crippen LogP contribution >= 0.6 is 0 Å². The summed E-state index contributed by atoms with van der Waals surface area (Å²) >= 11 is 0. The predicted molar refractivity (Wildman–Crippen MR) is 102 cm³/mol. The number of rotatable bonds is 9. The topological polar surface area (TPSA) is 24.5 Å². The van der Waals surface area contributed by atoms with Crippen molar-refractivity contribution in [3.05, 3.63) is 35.9 Å². The Balaban J connectivity index is 1.91. The average Bonchev–Trinajstić information content (AvgIpc) is 2.53. The van der Waals surface area contributed by atoms with Crippen LogP contribution in [0.15, 0.2) is 30.3 Å². The lowest BCUT2D eigenvalue weighted by molar-refractivity contribution is -0.0830. The molecule has 0 aliphatic carbocycles. The Bertz CT molecular complexity index is 458. The van der Waals surface area contributed by atoms with E-state index in [-0.39, 0.29) is 5.60 Å². The number of nitrogens with one attached hydrogen (secondary N) is 1. The minimum Gasteiger partial charge on any atom is -0.376 e. The molecule has 0 unspecified atom stereocenters. The van der Waals surface area contributed by atoms with Crippen molar-refractivity contribution in [2.45, 2.75) is 45.1 Å². The van der Waals surface area contributed by atoms with Crippen molar-refractivity contribution >= 4 is 0 Å². The molecule has 1 aliphatic heterocycles. The molecule has 1 fully saturated rings. The molecule has 1 saturated heterocycles. The van der Waals surface area contributed by atoms with Gasteiger partial charge < -0.3 is 15.0 Å². The van der Waals surface area contributed by atoms with Gasteiger partial charge in [0.05, 0.1) is 5.60 Å². The molecule has 0 amide bonds. The SMILES string of the molecule is CN(C)CCNCC[C@@H](Cc1ccccc1)[C@@H]1CCOC(C)(C)C1. The fraction of sp³-hybridized carbons (Fsp3) is 0.714. The third kappa shape index (κ3) is 6.92. The highest BCUT2D eigenvalue weighted by Gasteiger charge is 2.33. The molecule has 0 saturated carbocycles. The predicted octanol–water partition coefficient (Wildman–Crippen LogP) is 3.59. The zero-order chi connectivity index (χ0) is 17.4. The second kappa shape index (κ2) is 9.55. The van der Waals surface area contributed by atoms with E-state index in [0.29, 0.717) is 0 Å². The Morgan fingerprint density at radius 2 is 1.96 bits per heavy atom. The summed E-state index contributed by atoms with van der Waals surface area (Å²) in [7, 11) is 4.26. The van der Waals surface area contributed by atoms with E-state index in [0.717, 1.165) is 38.1 Å². The molecule has 1 heterocycles. The Labute approximate surface area is 148 Å². The Morgan fingerprint density at radius 1 is 1.21 bits per heavy atom. The smallest absolute Gasteiger partial charge is 0.0629 e. The van der Waals surface area contributed by atoms with Crippen molar-refractivity contribution in [2.75, 3.05) is 40.3 Å². The maximum absolute atomic E-state index is 5.94. The fourth-order valence-electron chi connectivity index (χ4n) is 3.82. The van der Waals surface area contributed by atoms with Gasteiger partial charge >= 0.3 is 0 Å². The maximum Gasteiger partial charge on any atom is 0.0629 e. The lowest BCUT2D eigenvalue weighted by atomic mass is 9.76. The second-order valence-electron chi connectivity index (χ2n) is 8.15.